The van der Waals surface area contributed by atoms with Crippen molar-refractivity contribution in [1.29, 1.82) is 0 Å². The lowest BCUT2D eigenvalue weighted by Gasteiger charge is -2.33. The summed E-state index contributed by atoms with van der Waals surface area (Å²) < 4.78 is -0.586. The fourth-order valence-corrected chi connectivity index (χ4v) is 3.35. The van der Waals surface area contributed by atoms with E-state index in [1.165, 1.54) is 5.54 Å². The van der Waals surface area contributed by atoms with Gasteiger partial charge in [0.1, 0.15) is 0 Å². The predicted molar refractivity (Wildman–Crippen MR) is 80.6 cm³/mol. The first kappa shape index (κ1) is 17.5. The van der Waals surface area contributed by atoms with E-state index in [-0.39, 0.29) is 10.8 Å². The van der Waals surface area contributed by atoms with Crippen LogP contribution in [0.15, 0.2) is 11.1 Å². The molecule has 0 radical (unpaired) electrons. The third-order valence-corrected chi connectivity index (χ3v) is 5.95. The highest BCUT2D eigenvalue weighted by Gasteiger charge is 2.37. The van der Waals surface area contributed by atoms with Gasteiger partial charge in [0.15, 0.2) is 0 Å². The van der Waals surface area contributed by atoms with Crippen LogP contribution >= 0.6 is 66.7 Å². The van der Waals surface area contributed by atoms with Crippen molar-refractivity contribution in [2.75, 3.05) is 5.33 Å². The summed E-state index contributed by atoms with van der Waals surface area (Å²) in [5.41, 5.74) is 2.32. The summed E-state index contributed by atoms with van der Waals surface area (Å²) in [7, 11) is 0. The largest absolute Gasteiger partial charge is 0.391 e. The number of hydrogen-bond donors (Lipinski definition) is 1. The second kappa shape index (κ2) is 7.85. The van der Waals surface area contributed by atoms with Crippen molar-refractivity contribution in [2.45, 2.75) is 41.5 Å². The summed E-state index contributed by atoms with van der Waals surface area (Å²) in [4.78, 5) is 0. The molecule has 0 aliphatic rings. The molecular formula is C10H15Br2Cl3O. The summed E-state index contributed by atoms with van der Waals surface area (Å²) in [5.74, 6) is 0. The van der Waals surface area contributed by atoms with Gasteiger partial charge in [-0.25, -0.2) is 0 Å². The molecule has 0 aliphatic carbocycles. The zero-order valence-electron chi connectivity index (χ0n) is 9.06. The minimum absolute atomic E-state index is 0.223. The Hall–Kier alpha value is 1.53. The summed E-state index contributed by atoms with van der Waals surface area (Å²) in [6.07, 6.45) is -0.0524. The smallest absolute Gasteiger partial charge is 0.0801 e. The number of alkyl halides is 4. The Morgan fingerprint density at radius 3 is 2.38 bits per heavy atom. The Bertz CT molecular complexity index is 246. The molecule has 0 aromatic rings. The lowest BCUT2D eigenvalue weighted by atomic mass is 9.96. The SMILES string of the molecule is C/C(=C/Cl)[C@H](Cl)C[C@@H](Cl)[C@@](C)(Br)[C@H](O)CBr. The van der Waals surface area contributed by atoms with Crippen LogP contribution in [0.4, 0.5) is 0 Å². The third kappa shape index (κ3) is 5.03. The average Bonchev–Trinajstić information content (AvgIpc) is 2.26. The van der Waals surface area contributed by atoms with Gasteiger partial charge in [-0.05, 0) is 25.8 Å². The number of rotatable bonds is 6. The van der Waals surface area contributed by atoms with Gasteiger partial charge in [-0.1, -0.05) is 43.5 Å². The van der Waals surface area contributed by atoms with Crippen molar-refractivity contribution in [3.05, 3.63) is 11.1 Å². The first-order chi connectivity index (χ1) is 7.27. The van der Waals surface area contributed by atoms with Gasteiger partial charge in [-0.15, -0.1) is 23.2 Å². The number of aliphatic hydroxyl groups is 1. The molecule has 1 N–H and O–H groups in total. The highest BCUT2D eigenvalue weighted by molar-refractivity contribution is 9.10. The lowest BCUT2D eigenvalue weighted by Crippen LogP contribution is -2.43. The third-order valence-electron chi connectivity index (χ3n) is 2.49. The van der Waals surface area contributed by atoms with Crippen LogP contribution in [0.2, 0.25) is 0 Å². The van der Waals surface area contributed by atoms with Crippen molar-refractivity contribution in [1.82, 2.24) is 0 Å². The summed E-state index contributed by atoms with van der Waals surface area (Å²) in [6.45, 7) is 3.70. The number of aliphatic hydroxyl groups excluding tert-OH is 1. The van der Waals surface area contributed by atoms with Crippen molar-refractivity contribution in [3.63, 3.8) is 0 Å². The number of allylic oxidation sites excluding steroid dienone is 1. The van der Waals surface area contributed by atoms with Crippen molar-refractivity contribution < 1.29 is 5.11 Å². The van der Waals surface area contributed by atoms with Crippen LogP contribution in [0.1, 0.15) is 20.3 Å². The summed E-state index contributed by atoms with van der Waals surface area (Å²) in [6, 6.07) is 0. The van der Waals surface area contributed by atoms with Gasteiger partial charge < -0.3 is 5.11 Å². The maximum atomic E-state index is 9.80. The molecule has 4 atom stereocenters. The quantitative estimate of drug-likeness (QED) is 0.625. The normalized spacial score (nSPS) is 22.4. The second-order valence-electron chi connectivity index (χ2n) is 3.85. The molecule has 6 heteroatoms. The van der Waals surface area contributed by atoms with Crippen molar-refractivity contribution >= 4 is 66.7 Å². The van der Waals surface area contributed by atoms with E-state index in [4.69, 9.17) is 34.8 Å². The first-order valence-corrected chi connectivity index (χ1v) is 7.97. The van der Waals surface area contributed by atoms with E-state index in [1.54, 1.807) is 0 Å². The highest BCUT2D eigenvalue weighted by atomic mass is 79.9. The van der Waals surface area contributed by atoms with E-state index in [0.717, 1.165) is 5.57 Å². The number of halogens is 5. The Morgan fingerprint density at radius 1 is 1.50 bits per heavy atom. The molecule has 0 bridgehead atoms. The van der Waals surface area contributed by atoms with Gasteiger partial charge >= 0.3 is 0 Å². The molecule has 0 unspecified atom stereocenters. The highest BCUT2D eigenvalue weighted by Crippen LogP contribution is 2.35. The Morgan fingerprint density at radius 2 is 2.00 bits per heavy atom. The summed E-state index contributed by atoms with van der Waals surface area (Å²) >= 11 is 24.6. The molecule has 0 aromatic carbocycles. The molecule has 0 saturated carbocycles. The molecule has 96 valence electrons. The van der Waals surface area contributed by atoms with E-state index < -0.39 is 10.4 Å². The van der Waals surface area contributed by atoms with Crippen molar-refractivity contribution in [2.24, 2.45) is 0 Å². The molecule has 0 heterocycles. The van der Waals surface area contributed by atoms with Gasteiger partial charge in [-0.2, -0.15) is 0 Å². The maximum Gasteiger partial charge on any atom is 0.0801 e. The minimum atomic E-state index is -0.586. The molecule has 0 spiro atoms. The molecule has 0 saturated heterocycles. The predicted octanol–water partition coefficient (Wildman–Crippen LogP) is 4.64. The number of hydrogen-bond acceptors (Lipinski definition) is 1. The van der Waals surface area contributed by atoms with E-state index in [0.29, 0.717) is 11.8 Å². The Kier molecular flexibility index (Phi) is 8.61. The Labute approximate surface area is 129 Å². The molecule has 0 fully saturated rings. The van der Waals surface area contributed by atoms with Gasteiger partial charge in [0, 0.05) is 10.9 Å². The van der Waals surface area contributed by atoms with Crippen LogP contribution in [0, 0.1) is 0 Å². The van der Waals surface area contributed by atoms with Crippen LogP contribution in [0.25, 0.3) is 0 Å². The molecular weight excluding hydrogens is 402 g/mol. The van der Waals surface area contributed by atoms with Crippen LogP contribution in [-0.4, -0.2) is 31.6 Å². The van der Waals surface area contributed by atoms with Crippen LogP contribution in [0.3, 0.4) is 0 Å². The molecule has 0 rings (SSSR count). The zero-order valence-corrected chi connectivity index (χ0v) is 14.5. The average molecular weight is 417 g/mol. The first-order valence-electron chi connectivity index (χ1n) is 4.75. The Balaban J connectivity index is 4.51. The molecule has 0 amide bonds. The lowest BCUT2D eigenvalue weighted by molar-refractivity contribution is 0.158. The van der Waals surface area contributed by atoms with Gasteiger partial charge in [0.2, 0.25) is 0 Å². The topological polar surface area (TPSA) is 20.2 Å². The van der Waals surface area contributed by atoms with Crippen LogP contribution < -0.4 is 0 Å². The van der Waals surface area contributed by atoms with E-state index in [2.05, 4.69) is 31.9 Å². The van der Waals surface area contributed by atoms with E-state index >= 15 is 0 Å². The van der Waals surface area contributed by atoms with Gasteiger partial charge in [-0.3, -0.25) is 0 Å². The standard InChI is InChI=1S/C10H15Br2Cl3O/c1-6(5-13)7(14)3-8(15)10(2,12)9(16)4-11/h5,7-9,16H,3-4H2,1-2H3/b6-5-/t7-,8-,9-,10-/m1/s1. The zero-order chi connectivity index (χ0) is 12.9. The maximum absolute atomic E-state index is 9.80. The van der Waals surface area contributed by atoms with Crippen molar-refractivity contribution in [3.8, 4) is 0 Å². The second-order valence-corrected chi connectivity index (χ2v) is 7.47. The fraction of sp³-hybridized carbons (Fsp3) is 0.800. The monoisotopic (exact) mass is 414 g/mol. The van der Waals surface area contributed by atoms with Gasteiger partial charge in [0.05, 0.1) is 21.2 Å². The van der Waals surface area contributed by atoms with Crippen LogP contribution in [0.5, 0.6) is 0 Å². The molecule has 0 aliphatic heterocycles. The van der Waals surface area contributed by atoms with E-state index in [1.807, 2.05) is 13.8 Å². The van der Waals surface area contributed by atoms with Crippen LogP contribution in [-0.2, 0) is 0 Å². The summed E-state index contributed by atoms with van der Waals surface area (Å²) in [5, 5.41) is 9.74. The molecule has 1 nitrogen and oxygen atoms in total. The fourth-order valence-electron chi connectivity index (χ4n) is 1.03. The molecule has 16 heavy (non-hydrogen) atoms. The molecule has 0 aromatic heterocycles. The van der Waals surface area contributed by atoms with E-state index in [9.17, 15) is 5.11 Å². The van der Waals surface area contributed by atoms with Gasteiger partial charge in [0.25, 0.3) is 0 Å². The minimum Gasteiger partial charge on any atom is -0.391 e.